The van der Waals surface area contributed by atoms with Crippen molar-refractivity contribution in [2.24, 2.45) is 0 Å². The molecule has 0 saturated heterocycles. The van der Waals surface area contributed by atoms with Crippen molar-refractivity contribution in [3.8, 4) is 0 Å². The van der Waals surface area contributed by atoms with E-state index in [4.69, 9.17) is 0 Å². The van der Waals surface area contributed by atoms with Gasteiger partial charge in [-0.3, -0.25) is 0 Å². The van der Waals surface area contributed by atoms with Crippen LogP contribution >= 0.6 is 11.3 Å². The summed E-state index contributed by atoms with van der Waals surface area (Å²) < 4.78 is 35.4. The minimum Gasteiger partial charge on any atom is -0.316 e. The lowest BCUT2D eigenvalue weighted by molar-refractivity contribution is -0.135. The lowest BCUT2D eigenvalue weighted by atomic mass is 10.3. The van der Waals surface area contributed by atoms with Gasteiger partial charge in [0.05, 0.1) is 10.7 Å². The maximum absolute atomic E-state index is 11.8. The minimum atomic E-state index is -4.03. The summed E-state index contributed by atoms with van der Waals surface area (Å²) in [7, 11) is 0. The van der Waals surface area contributed by atoms with Crippen LogP contribution in [0, 0.1) is 6.92 Å². The van der Waals surface area contributed by atoms with Crippen molar-refractivity contribution in [3.05, 3.63) is 16.1 Å². The quantitative estimate of drug-likeness (QED) is 0.787. The van der Waals surface area contributed by atoms with Crippen molar-refractivity contribution in [2.75, 3.05) is 13.1 Å². The number of nitrogens with zero attached hydrogens (tertiary/aromatic N) is 1. The van der Waals surface area contributed by atoms with E-state index in [1.165, 1.54) is 0 Å². The zero-order valence-electron chi connectivity index (χ0n) is 9.10. The highest BCUT2D eigenvalue weighted by Crippen LogP contribution is 2.20. The summed E-state index contributed by atoms with van der Waals surface area (Å²) in [6.45, 7) is 3.02. The van der Waals surface area contributed by atoms with Crippen LogP contribution in [0.5, 0.6) is 0 Å². The van der Waals surface area contributed by atoms with Gasteiger partial charge in [0.25, 0.3) is 0 Å². The Kier molecular flexibility index (Phi) is 5.21. The van der Waals surface area contributed by atoms with Crippen LogP contribution < -0.4 is 5.32 Å². The van der Waals surface area contributed by atoms with Gasteiger partial charge in [0.2, 0.25) is 0 Å². The summed E-state index contributed by atoms with van der Waals surface area (Å²) in [4.78, 5) is 4.27. The number of thiazole rings is 1. The number of nitrogens with one attached hydrogen (secondary N) is 1. The van der Waals surface area contributed by atoms with Crippen molar-refractivity contribution in [1.29, 1.82) is 0 Å². The van der Waals surface area contributed by atoms with Gasteiger partial charge in [-0.1, -0.05) is 0 Å². The van der Waals surface area contributed by atoms with E-state index < -0.39 is 12.6 Å². The lowest BCUT2D eigenvalue weighted by Crippen LogP contribution is -2.20. The van der Waals surface area contributed by atoms with E-state index in [2.05, 4.69) is 10.3 Å². The van der Waals surface area contributed by atoms with E-state index in [1.54, 1.807) is 11.3 Å². The summed E-state index contributed by atoms with van der Waals surface area (Å²) in [5.74, 6) is 0. The Morgan fingerprint density at radius 2 is 2.12 bits per heavy atom. The fourth-order valence-corrected chi connectivity index (χ4v) is 1.93. The van der Waals surface area contributed by atoms with Gasteiger partial charge in [-0.2, -0.15) is 13.2 Å². The lowest BCUT2D eigenvalue weighted by Gasteiger charge is -2.06. The first-order chi connectivity index (χ1) is 7.47. The molecule has 0 amide bonds. The van der Waals surface area contributed by atoms with Crippen molar-refractivity contribution < 1.29 is 13.2 Å². The maximum Gasteiger partial charge on any atom is 0.389 e. The number of aromatic nitrogens is 1. The van der Waals surface area contributed by atoms with E-state index in [0.717, 1.165) is 17.1 Å². The van der Waals surface area contributed by atoms with Crippen molar-refractivity contribution >= 4 is 11.3 Å². The molecular formula is C10H15F3N2S. The standard InChI is InChI=1S/C10H15F3N2S/c1-8-15-9(7-16-8)3-6-14-5-2-4-10(11,12)13/h7,14H,2-6H2,1H3. The molecule has 92 valence electrons. The number of hydrogen-bond donors (Lipinski definition) is 1. The first-order valence-corrected chi connectivity index (χ1v) is 6.04. The Hall–Kier alpha value is -0.620. The number of halogens is 3. The second-order valence-electron chi connectivity index (χ2n) is 3.58. The van der Waals surface area contributed by atoms with E-state index in [1.807, 2.05) is 12.3 Å². The van der Waals surface area contributed by atoms with Gasteiger partial charge in [-0.25, -0.2) is 4.98 Å². The van der Waals surface area contributed by atoms with Crippen molar-refractivity contribution in [1.82, 2.24) is 10.3 Å². The van der Waals surface area contributed by atoms with Crippen LogP contribution in [0.15, 0.2) is 5.38 Å². The normalized spacial score (nSPS) is 12.0. The second kappa shape index (κ2) is 6.20. The number of alkyl halides is 3. The van der Waals surface area contributed by atoms with Gasteiger partial charge < -0.3 is 5.32 Å². The molecule has 0 radical (unpaired) electrons. The van der Waals surface area contributed by atoms with Gasteiger partial charge in [-0.15, -0.1) is 11.3 Å². The van der Waals surface area contributed by atoms with Crippen LogP contribution in [-0.4, -0.2) is 24.2 Å². The topological polar surface area (TPSA) is 24.9 Å². The van der Waals surface area contributed by atoms with Crippen LogP contribution in [0.25, 0.3) is 0 Å². The summed E-state index contributed by atoms with van der Waals surface area (Å²) in [6, 6.07) is 0. The first kappa shape index (κ1) is 13.4. The average molecular weight is 252 g/mol. The molecule has 0 aliphatic heterocycles. The predicted octanol–water partition coefficient (Wildman–Crippen LogP) is 2.93. The summed E-state index contributed by atoms with van der Waals surface area (Å²) in [5, 5.41) is 5.98. The van der Waals surface area contributed by atoms with Crippen LogP contribution in [0.4, 0.5) is 13.2 Å². The third-order valence-corrected chi connectivity index (χ3v) is 2.86. The van der Waals surface area contributed by atoms with Crippen LogP contribution in [0.2, 0.25) is 0 Å². The fourth-order valence-electron chi connectivity index (χ4n) is 1.28. The largest absolute Gasteiger partial charge is 0.389 e. The molecular weight excluding hydrogens is 237 g/mol. The average Bonchev–Trinajstić information content (AvgIpc) is 2.56. The predicted molar refractivity (Wildman–Crippen MR) is 58.7 cm³/mol. The highest BCUT2D eigenvalue weighted by atomic mass is 32.1. The van der Waals surface area contributed by atoms with E-state index >= 15 is 0 Å². The molecule has 0 bridgehead atoms. The molecule has 0 aromatic carbocycles. The smallest absolute Gasteiger partial charge is 0.316 e. The van der Waals surface area contributed by atoms with Crippen LogP contribution in [0.3, 0.4) is 0 Å². The Morgan fingerprint density at radius 3 is 2.69 bits per heavy atom. The molecule has 0 aliphatic rings. The monoisotopic (exact) mass is 252 g/mol. The molecule has 0 atom stereocenters. The minimum absolute atomic E-state index is 0.138. The van der Waals surface area contributed by atoms with Crippen LogP contribution in [0.1, 0.15) is 23.5 Å². The Labute approximate surface area is 96.9 Å². The van der Waals surface area contributed by atoms with Crippen molar-refractivity contribution in [3.63, 3.8) is 0 Å². The van der Waals surface area contributed by atoms with Gasteiger partial charge >= 0.3 is 6.18 Å². The molecule has 6 heteroatoms. The Balaban J connectivity index is 2.00. The van der Waals surface area contributed by atoms with Gasteiger partial charge in [0, 0.05) is 24.8 Å². The number of aryl methyl sites for hydroxylation is 1. The third kappa shape index (κ3) is 6.07. The van der Waals surface area contributed by atoms with Gasteiger partial charge in [-0.05, 0) is 19.9 Å². The molecule has 1 rings (SSSR count). The highest BCUT2D eigenvalue weighted by Gasteiger charge is 2.25. The molecule has 0 fully saturated rings. The summed E-state index contributed by atoms with van der Waals surface area (Å²) in [5.41, 5.74) is 1.01. The first-order valence-electron chi connectivity index (χ1n) is 5.16. The van der Waals surface area contributed by atoms with Gasteiger partial charge in [0.15, 0.2) is 0 Å². The molecule has 1 aromatic heterocycles. The Bertz CT molecular complexity index is 309. The molecule has 0 saturated carbocycles. The molecule has 0 aliphatic carbocycles. The van der Waals surface area contributed by atoms with Crippen LogP contribution in [-0.2, 0) is 6.42 Å². The third-order valence-electron chi connectivity index (χ3n) is 2.04. The van der Waals surface area contributed by atoms with E-state index in [9.17, 15) is 13.2 Å². The summed E-state index contributed by atoms with van der Waals surface area (Å²) in [6.07, 6.45) is -3.83. The maximum atomic E-state index is 11.8. The van der Waals surface area contributed by atoms with E-state index in [-0.39, 0.29) is 6.42 Å². The van der Waals surface area contributed by atoms with Crippen molar-refractivity contribution in [2.45, 2.75) is 32.4 Å². The SMILES string of the molecule is Cc1nc(CCNCCCC(F)(F)F)cs1. The summed E-state index contributed by atoms with van der Waals surface area (Å²) >= 11 is 1.59. The number of rotatable bonds is 6. The fraction of sp³-hybridized carbons (Fsp3) is 0.700. The highest BCUT2D eigenvalue weighted by molar-refractivity contribution is 7.09. The molecule has 2 nitrogen and oxygen atoms in total. The second-order valence-corrected chi connectivity index (χ2v) is 4.64. The zero-order chi connectivity index (χ0) is 12.0. The molecule has 0 unspecified atom stereocenters. The molecule has 1 N–H and O–H groups in total. The van der Waals surface area contributed by atoms with E-state index in [0.29, 0.717) is 13.1 Å². The zero-order valence-corrected chi connectivity index (χ0v) is 9.92. The Morgan fingerprint density at radius 1 is 1.38 bits per heavy atom. The molecule has 1 aromatic rings. The molecule has 1 heterocycles. The number of hydrogen-bond acceptors (Lipinski definition) is 3. The molecule has 16 heavy (non-hydrogen) atoms. The van der Waals surface area contributed by atoms with Gasteiger partial charge in [0.1, 0.15) is 0 Å². The molecule has 0 spiro atoms.